The van der Waals surface area contributed by atoms with E-state index < -0.39 is 5.91 Å². The van der Waals surface area contributed by atoms with E-state index in [1.165, 1.54) is 7.11 Å². The number of imide groups is 1. The van der Waals surface area contributed by atoms with Gasteiger partial charge >= 0.3 is 5.97 Å². The van der Waals surface area contributed by atoms with Crippen LogP contribution in [0.4, 0.5) is 5.69 Å². The molecule has 1 aromatic rings. The minimum absolute atomic E-state index is 0.166. The van der Waals surface area contributed by atoms with Crippen molar-refractivity contribution < 1.29 is 19.1 Å². The van der Waals surface area contributed by atoms with Crippen LogP contribution in [0.25, 0.3) is 0 Å². The highest BCUT2D eigenvalue weighted by Crippen LogP contribution is 2.27. The first-order valence-corrected chi connectivity index (χ1v) is 5.87. The van der Waals surface area contributed by atoms with Crippen LogP contribution in [0, 0.1) is 0 Å². The lowest BCUT2D eigenvalue weighted by Crippen LogP contribution is -2.31. The lowest BCUT2D eigenvalue weighted by Gasteiger charge is -2.12. The predicted octanol–water partition coefficient (Wildman–Crippen LogP) is 0.818. The fraction of sp³-hybridized carbons (Fsp3) is 0.308. The maximum Gasteiger partial charge on any atom is 0.305 e. The van der Waals surface area contributed by atoms with Crippen molar-refractivity contribution in [2.24, 2.45) is 0 Å². The average molecular weight is 262 g/mol. The highest BCUT2D eigenvalue weighted by atomic mass is 16.5. The number of amides is 2. The SMILES string of the molecule is COC(=O)CCCN1C(=O)c2cccc(N)c2C1=O. The molecular weight excluding hydrogens is 248 g/mol. The first kappa shape index (κ1) is 13.1. The molecule has 2 rings (SSSR count). The first-order chi connectivity index (χ1) is 9.06. The van der Waals surface area contributed by atoms with Crippen LogP contribution in [0.5, 0.6) is 0 Å². The fourth-order valence-electron chi connectivity index (χ4n) is 2.05. The number of carbonyl (C=O) groups excluding carboxylic acids is 3. The second kappa shape index (κ2) is 5.09. The van der Waals surface area contributed by atoms with Gasteiger partial charge in [-0.2, -0.15) is 0 Å². The summed E-state index contributed by atoms with van der Waals surface area (Å²) in [5.41, 5.74) is 6.59. The lowest BCUT2D eigenvalue weighted by atomic mass is 10.1. The standard InChI is InChI=1S/C13H14N2O4/c1-19-10(16)6-3-7-15-12(17)8-4-2-5-9(14)11(8)13(15)18/h2,4-5H,3,6-7,14H2,1H3. The van der Waals surface area contributed by atoms with Crippen molar-refractivity contribution in [1.29, 1.82) is 0 Å². The minimum atomic E-state index is -0.400. The van der Waals surface area contributed by atoms with Crippen molar-refractivity contribution in [2.45, 2.75) is 12.8 Å². The molecule has 0 saturated heterocycles. The molecule has 1 aromatic carbocycles. The number of ether oxygens (including phenoxy) is 1. The zero-order valence-electron chi connectivity index (χ0n) is 10.5. The maximum atomic E-state index is 12.1. The van der Waals surface area contributed by atoms with E-state index >= 15 is 0 Å². The van der Waals surface area contributed by atoms with Gasteiger partial charge in [0, 0.05) is 18.7 Å². The number of benzene rings is 1. The molecular formula is C13H14N2O4. The highest BCUT2D eigenvalue weighted by molar-refractivity contribution is 6.23. The molecule has 0 spiro atoms. The van der Waals surface area contributed by atoms with Gasteiger partial charge in [-0.3, -0.25) is 19.3 Å². The summed E-state index contributed by atoms with van der Waals surface area (Å²) in [6.45, 7) is 0.181. The van der Waals surface area contributed by atoms with Crippen LogP contribution >= 0.6 is 0 Å². The second-order valence-electron chi connectivity index (χ2n) is 4.21. The Labute approximate surface area is 110 Å². The minimum Gasteiger partial charge on any atom is -0.469 e. The van der Waals surface area contributed by atoms with Crippen molar-refractivity contribution >= 4 is 23.5 Å². The Balaban J connectivity index is 2.10. The van der Waals surface area contributed by atoms with Crippen LogP contribution in [-0.2, 0) is 9.53 Å². The largest absolute Gasteiger partial charge is 0.469 e. The van der Waals surface area contributed by atoms with Crippen LogP contribution in [0.3, 0.4) is 0 Å². The van der Waals surface area contributed by atoms with Crippen LogP contribution in [-0.4, -0.2) is 36.3 Å². The van der Waals surface area contributed by atoms with E-state index in [2.05, 4.69) is 4.74 Å². The Bertz CT molecular complexity index is 554. The number of hydrogen-bond donors (Lipinski definition) is 1. The Hall–Kier alpha value is -2.37. The molecule has 6 nitrogen and oxygen atoms in total. The molecule has 0 aromatic heterocycles. The van der Waals surface area contributed by atoms with Crippen molar-refractivity contribution in [3.8, 4) is 0 Å². The Kier molecular flexibility index (Phi) is 3.50. The molecule has 19 heavy (non-hydrogen) atoms. The monoisotopic (exact) mass is 262 g/mol. The van der Waals surface area contributed by atoms with Crippen molar-refractivity contribution in [3.05, 3.63) is 29.3 Å². The third-order valence-corrected chi connectivity index (χ3v) is 3.02. The van der Waals surface area contributed by atoms with E-state index in [0.29, 0.717) is 17.7 Å². The van der Waals surface area contributed by atoms with E-state index in [9.17, 15) is 14.4 Å². The van der Waals surface area contributed by atoms with Gasteiger partial charge in [-0.05, 0) is 18.6 Å². The summed E-state index contributed by atoms with van der Waals surface area (Å²) in [5, 5.41) is 0. The number of nitrogen functional groups attached to an aromatic ring is 1. The Morgan fingerprint density at radius 2 is 2.05 bits per heavy atom. The van der Waals surface area contributed by atoms with Crippen LogP contribution in [0.2, 0.25) is 0 Å². The Morgan fingerprint density at radius 1 is 1.32 bits per heavy atom. The average Bonchev–Trinajstić information content (AvgIpc) is 2.64. The summed E-state index contributed by atoms with van der Waals surface area (Å²) in [7, 11) is 1.30. The zero-order chi connectivity index (χ0) is 14.0. The second-order valence-corrected chi connectivity index (χ2v) is 4.21. The van der Waals surface area contributed by atoms with E-state index in [-0.39, 0.29) is 30.4 Å². The third kappa shape index (κ3) is 2.29. The highest BCUT2D eigenvalue weighted by Gasteiger charge is 2.36. The molecule has 2 amide bonds. The fourth-order valence-corrected chi connectivity index (χ4v) is 2.05. The summed E-state index contributed by atoms with van der Waals surface area (Å²) in [6, 6.07) is 4.80. The molecule has 0 unspecified atom stereocenters. The molecule has 0 fully saturated rings. The molecule has 1 aliphatic rings. The van der Waals surface area contributed by atoms with Gasteiger partial charge < -0.3 is 10.5 Å². The number of fused-ring (bicyclic) bond motifs is 1. The van der Waals surface area contributed by atoms with Gasteiger partial charge in [-0.25, -0.2) is 0 Å². The molecule has 0 bridgehead atoms. The molecule has 0 atom stereocenters. The Morgan fingerprint density at radius 3 is 2.68 bits per heavy atom. The van der Waals surface area contributed by atoms with Gasteiger partial charge in [-0.1, -0.05) is 6.07 Å². The zero-order valence-corrected chi connectivity index (χ0v) is 10.5. The molecule has 1 aliphatic heterocycles. The summed E-state index contributed by atoms with van der Waals surface area (Å²) in [6.07, 6.45) is 0.539. The number of carbonyl (C=O) groups is 3. The lowest BCUT2D eigenvalue weighted by molar-refractivity contribution is -0.140. The van der Waals surface area contributed by atoms with E-state index in [1.54, 1.807) is 18.2 Å². The van der Waals surface area contributed by atoms with Gasteiger partial charge in [0.05, 0.1) is 18.2 Å². The van der Waals surface area contributed by atoms with Gasteiger partial charge in [0.1, 0.15) is 0 Å². The number of nitrogens with zero attached hydrogens (tertiary/aromatic N) is 1. The predicted molar refractivity (Wildman–Crippen MR) is 67.5 cm³/mol. The molecule has 6 heteroatoms. The molecule has 0 saturated carbocycles. The molecule has 0 aliphatic carbocycles. The van der Waals surface area contributed by atoms with Crippen LogP contribution in [0.15, 0.2) is 18.2 Å². The number of hydrogen-bond acceptors (Lipinski definition) is 5. The number of anilines is 1. The van der Waals surface area contributed by atoms with Crippen molar-refractivity contribution in [1.82, 2.24) is 4.90 Å². The number of rotatable bonds is 4. The topological polar surface area (TPSA) is 89.7 Å². The van der Waals surface area contributed by atoms with Crippen LogP contribution in [0.1, 0.15) is 33.6 Å². The molecule has 100 valence electrons. The number of methoxy groups -OCH3 is 1. The molecule has 0 radical (unpaired) electrons. The van der Waals surface area contributed by atoms with Gasteiger partial charge in [0.2, 0.25) is 0 Å². The van der Waals surface area contributed by atoms with Gasteiger partial charge in [0.25, 0.3) is 11.8 Å². The number of nitrogens with two attached hydrogens (primary N) is 1. The summed E-state index contributed by atoms with van der Waals surface area (Å²) in [5.74, 6) is -1.13. The maximum absolute atomic E-state index is 12.1. The van der Waals surface area contributed by atoms with E-state index in [0.717, 1.165) is 4.90 Å². The molecule has 2 N–H and O–H groups in total. The van der Waals surface area contributed by atoms with E-state index in [1.807, 2.05) is 0 Å². The first-order valence-electron chi connectivity index (χ1n) is 5.87. The van der Waals surface area contributed by atoms with Crippen LogP contribution < -0.4 is 5.73 Å². The van der Waals surface area contributed by atoms with Crippen molar-refractivity contribution in [2.75, 3.05) is 19.4 Å². The normalized spacial score (nSPS) is 13.6. The summed E-state index contributed by atoms with van der Waals surface area (Å²) < 4.78 is 4.50. The summed E-state index contributed by atoms with van der Waals surface area (Å²) >= 11 is 0. The smallest absolute Gasteiger partial charge is 0.305 e. The van der Waals surface area contributed by atoms with Crippen molar-refractivity contribution in [3.63, 3.8) is 0 Å². The van der Waals surface area contributed by atoms with Gasteiger partial charge in [0.15, 0.2) is 0 Å². The van der Waals surface area contributed by atoms with Gasteiger partial charge in [-0.15, -0.1) is 0 Å². The molecule has 1 heterocycles. The third-order valence-electron chi connectivity index (χ3n) is 3.02. The number of esters is 1. The van der Waals surface area contributed by atoms with E-state index in [4.69, 9.17) is 5.73 Å². The summed E-state index contributed by atoms with van der Waals surface area (Å²) in [4.78, 5) is 36.2. The quantitative estimate of drug-likeness (QED) is 0.493.